The van der Waals surface area contributed by atoms with E-state index in [4.69, 9.17) is 34.0 Å². The van der Waals surface area contributed by atoms with Crippen molar-refractivity contribution in [1.29, 1.82) is 0 Å². The van der Waals surface area contributed by atoms with Crippen LogP contribution in [0.25, 0.3) is 0 Å². The van der Waals surface area contributed by atoms with Crippen LogP contribution in [0.2, 0.25) is 10.0 Å². The van der Waals surface area contributed by atoms with Crippen molar-refractivity contribution in [3.05, 3.63) is 27.7 Å². The molecule has 0 spiro atoms. The molecule has 3 nitrogen and oxygen atoms in total. The smallest absolute Gasteiger partial charge is 0.118 e. The van der Waals surface area contributed by atoms with Gasteiger partial charge in [-0.1, -0.05) is 23.2 Å². The fraction of sp³-hybridized carbons (Fsp3) is 0.333. The van der Waals surface area contributed by atoms with Gasteiger partial charge >= 0.3 is 0 Å². The van der Waals surface area contributed by atoms with Crippen LogP contribution in [-0.4, -0.2) is 16.8 Å². The molecule has 0 bridgehead atoms. The second kappa shape index (κ2) is 4.84. The molecule has 0 saturated carbocycles. The van der Waals surface area contributed by atoms with Crippen molar-refractivity contribution in [3.63, 3.8) is 0 Å². The Morgan fingerprint density at radius 3 is 2.21 bits per heavy atom. The molecule has 0 aliphatic carbocycles. The van der Waals surface area contributed by atoms with Gasteiger partial charge in [0, 0.05) is 5.56 Å². The van der Waals surface area contributed by atoms with Gasteiger partial charge in [0.15, 0.2) is 0 Å². The Morgan fingerprint density at radius 1 is 1.29 bits per heavy atom. The summed E-state index contributed by atoms with van der Waals surface area (Å²) in [5.74, 6) is -0.0244. The third kappa shape index (κ3) is 2.51. The lowest BCUT2D eigenvalue weighted by molar-refractivity contribution is 0.170. The highest BCUT2D eigenvalue weighted by Crippen LogP contribution is 2.35. The fourth-order valence-corrected chi connectivity index (χ4v) is 1.92. The molecule has 0 aliphatic heterocycles. The van der Waals surface area contributed by atoms with Crippen molar-refractivity contribution in [3.8, 4) is 5.75 Å². The molecule has 0 saturated heterocycles. The summed E-state index contributed by atoms with van der Waals surface area (Å²) in [6, 6.07) is 2.67. The lowest BCUT2D eigenvalue weighted by Gasteiger charge is -2.13. The normalized spacial score (nSPS) is 12.9. The maximum atomic E-state index is 9.64. The summed E-state index contributed by atoms with van der Waals surface area (Å²) in [6.45, 7) is 0.342. The molecule has 0 radical (unpaired) electrons. The fourth-order valence-electron chi connectivity index (χ4n) is 1.19. The van der Waals surface area contributed by atoms with Crippen molar-refractivity contribution in [2.45, 2.75) is 12.5 Å². The number of rotatable bonds is 3. The Hall–Kier alpha value is -0.480. The van der Waals surface area contributed by atoms with E-state index in [2.05, 4.69) is 0 Å². The summed E-state index contributed by atoms with van der Waals surface area (Å²) in [5.41, 5.74) is 5.71. The van der Waals surface area contributed by atoms with Crippen LogP contribution < -0.4 is 5.73 Å². The molecule has 1 aromatic carbocycles. The number of nitrogens with two attached hydrogens (primary N) is 1. The minimum absolute atomic E-state index is 0.0244. The first-order valence-electron chi connectivity index (χ1n) is 4.12. The van der Waals surface area contributed by atoms with Crippen LogP contribution >= 0.6 is 23.2 Å². The Balaban J connectivity index is 3.07. The number of benzene rings is 1. The molecule has 0 amide bonds. The lowest BCUT2D eigenvalue weighted by Crippen LogP contribution is -2.07. The molecule has 0 heterocycles. The van der Waals surface area contributed by atoms with E-state index in [9.17, 15) is 5.11 Å². The van der Waals surface area contributed by atoms with E-state index in [0.717, 1.165) is 0 Å². The van der Waals surface area contributed by atoms with Gasteiger partial charge < -0.3 is 15.9 Å². The summed E-state index contributed by atoms with van der Waals surface area (Å²) < 4.78 is 0. The quantitative estimate of drug-likeness (QED) is 0.752. The number of phenolic OH excluding ortho intramolecular Hbond substituents is 1. The van der Waals surface area contributed by atoms with E-state index in [0.29, 0.717) is 18.5 Å². The molecule has 78 valence electrons. The highest BCUT2D eigenvalue weighted by molar-refractivity contribution is 6.36. The first-order chi connectivity index (χ1) is 6.56. The average molecular weight is 236 g/mol. The maximum Gasteiger partial charge on any atom is 0.118 e. The van der Waals surface area contributed by atoms with E-state index in [1.807, 2.05) is 0 Å². The number of halogens is 2. The van der Waals surface area contributed by atoms with Gasteiger partial charge in [0.2, 0.25) is 0 Å². The van der Waals surface area contributed by atoms with Crippen molar-refractivity contribution < 1.29 is 10.2 Å². The number of aliphatic hydroxyl groups excluding tert-OH is 1. The predicted molar refractivity (Wildman–Crippen MR) is 56.8 cm³/mol. The molecule has 0 fully saturated rings. The van der Waals surface area contributed by atoms with Crippen LogP contribution in [0.15, 0.2) is 12.1 Å². The number of aliphatic hydroxyl groups is 1. The zero-order chi connectivity index (χ0) is 10.7. The van der Waals surface area contributed by atoms with Crippen LogP contribution in [0.3, 0.4) is 0 Å². The molecule has 0 aromatic heterocycles. The third-order valence-electron chi connectivity index (χ3n) is 1.84. The topological polar surface area (TPSA) is 66.5 Å². The van der Waals surface area contributed by atoms with Crippen LogP contribution in [0.5, 0.6) is 5.75 Å². The van der Waals surface area contributed by atoms with E-state index in [-0.39, 0.29) is 15.8 Å². The Bertz CT molecular complexity index is 308. The summed E-state index contributed by atoms with van der Waals surface area (Å²) >= 11 is 11.6. The molecule has 14 heavy (non-hydrogen) atoms. The lowest BCUT2D eigenvalue weighted by atomic mass is 10.1. The minimum Gasteiger partial charge on any atom is -0.508 e. The van der Waals surface area contributed by atoms with Gasteiger partial charge in [-0.25, -0.2) is 0 Å². The molecule has 1 unspecified atom stereocenters. The summed E-state index contributed by atoms with van der Waals surface area (Å²) in [4.78, 5) is 0. The summed E-state index contributed by atoms with van der Waals surface area (Å²) in [7, 11) is 0. The molecule has 4 N–H and O–H groups in total. The standard InChI is InChI=1S/C9H11Cl2NO2/c10-6-3-5(13)4-7(11)9(6)8(14)1-2-12/h3-4,8,13-14H,1-2,12H2. The molecule has 1 aromatic rings. The monoisotopic (exact) mass is 235 g/mol. The number of hydrogen-bond donors (Lipinski definition) is 3. The van der Waals surface area contributed by atoms with Gasteiger partial charge in [-0.05, 0) is 25.1 Å². The maximum absolute atomic E-state index is 9.64. The first kappa shape index (κ1) is 11.6. The molecular weight excluding hydrogens is 225 g/mol. The number of hydrogen-bond acceptors (Lipinski definition) is 3. The van der Waals surface area contributed by atoms with E-state index < -0.39 is 6.10 Å². The zero-order valence-corrected chi connectivity index (χ0v) is 8.89. The average Bonchev–Trinajstić information content (AvgIpc) is 2.01. The second-order valence-electron chi connectivity index (χ2n) is 2.92. The Kier molecular flexibility index (Phi) is 4.01. The molecular formula is C9H11Cl2NO2. The largest absolute Gasteiger partial charge is 0.508 e. The van der Waals surface area contributed by atoms with Gasteiger partial charge in [0.05, 0.1) is 16.1 Å². The van der Waals surface area contributed by atoms with Crippen LogP contribution in [-0.2, 0) is 0 Å². The first-order valence-corrected chi connectivity index (χ1v) is 4.88. The van der Waals surface area contributed by atoms with Crippen LogP contribution in [0.1, 0.15) is 18.1 Å². The SMILES string of the molecule is NCCC(O)c1c(Cl)cc(O)cc1Cl. The van der Waals surface area contributed by atoms with Crippen molar-refractivity contribution in [2.24, 2.45) is 5.73 Å². The third-order valence-corrected chi connectivity index (χ3v) is 2.46. The van der Waals surface area contributed by atoms with Gasteiger partial charge in [0.1, 0.15) is 5.75 Å². The molecule has 5 heteroatoms. The van der Waals surface area contributed by atoms with Crippen molar-refractivity contribution >= 4 is 23.2 Å². The van der Waals surface area contributed by atoms with Gasteiger partial charge in [-0.3, -0.25) is 0 Å². The highest BCUT2D eigenvalue weighted by Gasteiger charge is 2.15. The second-order valence-corrected chi connectivity index (χ2v) is 3.73. The summed E-state index contributed by atoms with van der Waals surface area (Å²) in [6.07, 6.45) is -0.412. The number of aromatic hydroxyl groups is 1. The van der Waals surface area contributed by atoms with Crippen molar-refractivity contribution in [2.75, 3.05) is 6.54 Å². The summed E-state index contributed by atoms with van der Waals surface area (Å²) in [5, 5.41) is 19.3. The minimum atomic E-state index is -0.791. The van der Waals surface area contributed by atoms with E-state index in [1.165, 1.54) is 12.1 Å². The van der Waals surface area contributed by atoms with Gasteiger partial charge in [-0.15, -0.1) is 0 Å². The zero-order valence-electron chi connectivity index (χ0n) is 7.37. The molecule has 1 rings (SSSR count). The van der Waals surface area contributed by atoms with E-state index in [1.54, 1.807) is 0 Å². The Labute approximate surface area is 92.1 Å². The van der Waals surface area contributed by atoms with Crippen LogP contribution in [0, 0.1) is 0 Å². The van der Waals surface area contributed by atoms with E-state index >= 15 is 0 Å². The number of phenols is 1. The highest BCUT2D eigenvalue weighted by atomic mass is 35.5. The van der Waals surface area contributed by atoms with Crippen molar-refractivity contribution in [1.82, 2.24) is 0 Å². The Morgan fingerprint density at radius 2 is 1.79 bits per heavy atom. The predicted octanol–water partition coefficient (Wildman–Crippen LogP) is 2.08. The van der Waals surface area contributed by atoms with Gasteiger partial charge in [0.25, 0.3) is 0 Å². The van der Waals surface area contributed by atoms with Gasteiger partial charge in [-0.2, -0.15) is 0 Å². The molecule has 1 atom stereocenters. The van der Waals surface area contributed by atoms with Crippen LogP contribution in [0.4, 0.5) is 0 Å². The molecule has 0 aliphatic rings.